The minimum absolute atomic E-state index is 0.483. The van der Waals surface area contributed by atoms with E-state index in [9.17, 15) is 0 Å². The zero-order valence-corrected chi connectivity index (χ0v) is 10.3. The maximum atomic E-state index is 8.54. The second-order valence-electron chi connectivity index (χ2n) is 2.50. The smallest absolute Gasteiger partial charge is 0.0670 e. The van der Waals surface area contributed by atoms with Crippen LogP contribution in [0.25, 0.3) is 0 Å². The average molecular weight is 336 g/mol. The van der Waals surface area contributed by atoms with Crippen LogP contribution in [0, 0.1) is 21.8 Å². The highest BCUT2D eigenvalue weighted by Crippen LogP contribution is 2.26. The summed E-state index contributed by atoms with van der Waals surface area (Å²) in [4.78, 5) is 0. The molecule has 0 radical (unpaired) electrons. The normalized spacial score (nSPS) is 9.50. The molecule has 1 aromatic rings. The van der Waals surface area contributed by atoms with Gasteiger partial charge in [-0.05, 0) is 56.6 Å². The predicted molar refractivity (Wildman–Crippen MR) is 60.9 cm³/mol. The molecular formula is C9H7BrIN. The summed E-state index contributed by atoms with van der Waals surface area (Å²) in [5, 5.41) is 8.54. The number of hydrogen-bond acceptors (Lipinski definition) is 1. The van der Waals surface area contributed by atoms with Crippen LogP contribution in [0.2, 0.25) is 0 Å². The van der Waals surface area contributed by atoms with Gasteiger partial charge in [-0.15, -0.1) is 0 Å². The zero-order chi connectivity index (χ0) is 9.14. The van der Waals surface area contributed by atoms with Crippen LogP contribution in [0.5, 0.6) is 0 Å². The Labute approximate surface area is 94.0 Å². The van der Waals surface area contributed by atoms with Gasteiger partial charge in [0, 0.05) is 8.04 Å². The van der Waals surface area contributed by atoms with E-state index in [2.05, 4.69) is 44.6 Å². The SMILES string of the molecule is Cc1ccc(CC#N)c(I)c1Br. The van der Waals surface area contributed by atoms with Crippen molar-refractivity contribution < 1.29 is 0 Å². The third-order valence-electron chi connectivity index (χ3n) is 1.62. The van der Waals surface area contributed by atoms with E-state index >= 15 is 0 Å². The van der Waals surface area contributed by atoms with E-state index in [4.69, 9.17) is 5.26 Å². The molecule has 12 heavy (non-hydrogen) atoms. The van der Waals surface area contributed by atoms with Gasteiger partial charge in [0.25, 0.3) is 0 Å². The van der Waals surface area contributed by atoms with Gasteiger partial charge < -0.3 is 0 Å². The molecule has 3 heteroatoms. The van der Waals surface area contributed by atoms with Gasteiger partial charge in [0.1, 0.15) is 0 Å². The van der Waals surface area contributed by atoms with E-state index in [0.717, 1.165) is 13.6 Å². The van der Waals surface area contributed by atoms with Gasteiger partial charge >= 0.3 is 0 Å². The summed E-state index contributed by atoms with van der Waals surface area (Å²) in [6, 6.07) is 6.18. The molecule has 1 nitrogen and oxygen atoms in total. The molecule has 0 spiro atoms. The molecule has 0 N–H and O–H groups in total. The van der Waals surface area contributed by atoms with Crippen LogP contribution < -0.4 is 0 Å². The molecule has 0 aliphatic heterocycles. The highest BCUT2D eigenvalue weighted by Gasteiger charge is 2.05. The van der Waals surface area contributed by atoms with Crippen molar-refractivity contribution in [2.75, 3.05) is 0 Å². The summed E-state index contributed by atoms with van der Waals surface area (Å²) >= 11 is 5.74. The van der Waals surface area contributed by atoms with Crippen LogP contribution in [-0.4, -0.2) is 0 Å². The van der Waals surface area contributed by atoms with Crippen molar-refractivity contribution in [2.45, 2.75) is 13.3 Å². The van der Waals surface area contributed by atoms with E-state index in [1.54, 1.807) is 0 Å². The number of halogens is 2. The monoisotopic (exact) mass is 335 g/mol. The molecule has 0 aliphatic rings. The molecule has 1 rings (SSSR count). The van der Waals surface area contributed by atoms with Crippen molar-refractivity contribution in [1.29, 1.82) is 5.26 Å². The van der Waals surface area contributed by atoms with E-state index in [1.165, 1.54) is 5.56 Å². The summed E-state index contributed by atoms with van der Waals surface area (Å²) in [6.45, 7) is 2.04. The van der Waals surface area contributed by atoms with E-state index < -0.39 is 0 Å². The number of rotatable bonds is 1. The Morgan fingerprint density at radius 2 is 2.25 bits per heavy atom. The molecule has 0 heterocycles. The Morgan fingerprint density at radius 3 is 2.83 bits per heavy atom. The largest absolute Gasteiger partial charge is 0.198 e. The highest BCUT2D eigenvalue weighted by molar-refractivity contribution is 14.1. The fourth-order valence-corrected chi connectivity index (χ4v) is 2.09. The lowest BCUT2D eigenvalue weighted by Gasteiger charge is -2.04. The van der Waals surface area contributed by atoms with Crippen LogP contribution in [0.1, 0.15) is 11.1 Å². The van der Waals surface area contributed by atoms with Crippen molar-refractivity contribution in [2.24, 2.45) is 0 Å². The Balaban J connectivity index is 3.19. The Morgan fingerprint density at radius 1 is 1.58 bits per heavy atom. The van der Waals surface area contributed by atoms with Crippen molar-refractivity contribution in [1.82, 2.24) is 0 Å². The first-order chi connectivity index (χ1) is 5.66. The van der Waals surface area contributed by atoms with Crippen molar-refractivity contribution in [3.8, 4) is 6.07 Å². The third kappa shape index (κ3) is 1.99. The first-order valence-corrected chi connectivity index (χ1v) is 5.34. The maximum absolute atomic E-state index is 8.54. The van der Waals surface area contributed by atoms with Crippen LogP contribution in [0.4, 0.5) is 0 Å². The number of nitrogens with zero attached hydrogens (tertiary/aromatic N) is 1. The lowest BCUT2D eigenvalue weighted by molar-refractivity contribution is 1.22. The van der Waals surface area contributed by atoms with Gasteiger partial charge in [0.15, 0.2) is 0 Å². The Hall–Kier alpha value is -0.0800. The van der Waals surface area contributed by atoms with Gasteiger partial charge in [-0.3, -0.25) is 0 Å². The summed E-state index contributed by atoms with van der Waals surface area (Å²) in [7, 11) is 0. The number of aryl methyl sites for hydroxylation is 1. The molecule has 0 aromatic heterocycles. The van der Waals surface area contributed by atoms with Gasteiger partial charge in [-0.1, -0.05) is 12.1 Å². The first-order valence-electron chi connectivity index (χ1n) is 3.47. The molecular weight excluding hydrogens is 329 g/mol. The van der Waals surface area contributed by atoms with Crippen molar-refractivity contribution >= 4 is 38.5 Å². The van der Waals surface area contributed by atoms with Gasteiger partial charge in [0.05, 0.1) is 12.5 Å². The second kappa shape index (κ2) is 4.24. The summed E-state index contributed by atoms with van der Waals surface area (Å²) in [6.07, 6.45) is 0.483. The molecule has 0 amide bonds. The fourth-order valence-electron chi connectivity index (χ4n) is 0.908. The Bertz CT molecular complexity index is 341. The van der Waals surface area contributed by atoms with Gasteiger partial charge in [-0.25, -0.2) is 0 Å². The van der Waals surface area contributed by atoms with Crippen LogP contribution >= 0.6 is 38.5 Å². The number of nitriles is 1. The van der Waals surface area contributed by atoms with Crippen LogP contribution in [0.3, 0.4) is 0 Å². The molecule has 0 atom stereocenters. The second-order valence-corrected chi connectivity index (χ2v) is 4.38. The summed E-state index contributed by atoms with van der Waals surface area (Å²) < 4.78 is 2.25. The highest BCUT2D eigenvalue weighted by atomic mass is 127. The maximum Gasteiger partial charge on any atom is 0.0670 e. The minimum Gasteiger partial charge on any atom is -0.198 e. The molecule has 0 saturated carbocycles. The van der Waals surface area contributed by atoms with Crippen molar-refractivity contribution in [3.63, 3.8) is 0 Å². The van der Waals surface area contributed by atoms with E-state index in [1.807, 2.05) is 19.1 Å². The Kier molecular flexibility index (Phi) is 3.53. The molecule has 0 bridgehead atoms. The molecule has 0 fully saturated rings. The first kappa shape index (κ1) is 10.0. The molecule has 0 unspecified atom stereocenters. The summed E-state index contributed by atoms with van der Waals surface area (Å²) in [5.74, 6) is 0. The standard InChI is InChI=1S/C9H7BrIN/c1-6-2-3-7(4-5-12)9(11)8(6)10/h2-3H,4H2,1H3. The topological polar surface area (TPSA) is 23.8 Å². The van der Waals surface area contributed by atoms with Gasteiger partial charge in [0.2, 0.25) is 0 Å². The number of benzene rings is 1. The molecule has 1 aromatic carbocycles. The lowest BCUT2D eigenvalue weighted by Crippen LogP contribution is -1.90. The predicted octanol–water partition coefficient (Wildman–Crippen LogP) is 3.43. The van der Waals surface area contributed by atoms with Gasteiger partial charge in [-0.2, -0.15) is 5.26 Å². The third-order valence-corrected chi connectivity index (χ3v) is 4.62. The molecule has 0 saturated heterocycles. The van der Waals surface area contributed by atoms with E-state index in [0.29, 0.717) is 6.42 Å². The van der Waals surface area contributed by atoms with E-state index in [-0.39, 0.29) is 0 Å². The minimum atomic E-state index is 0.483. The molecule has 0 aliphatic carbocycles. The molecule has 62 valence electrons. The van der Waals surface area contributed by atoms with Crippen LogP contribution in [0.15, 0.2) is 16.6 Å². The number of hydrogen-bond donors (Lipinski definition) is 0. The van der Waals surface area contributed by atoms with Crippen LogP contribution in [-0.2, 0) is 6.42 Å². The lowest BCUT2D eigenvalue weighted by atomic mass is 10.1. The quantitative estimate of drug-likeness (QED) is 0.721. The van der Waals surface area contributed by atoms with Crippen molar-refractivity contribution in [3.05, 3.63) is 31.3 Å². The fraction of sp³-hybridized carbons (Fsp3) is 0.222. The summed E-state index contributed by atoms with van der Waals surface area (Å²) in [5.41, 5.74) is 2.30. The average Bonchev–Trinajstić information content (AvgIpc) is 2.07. The zero-order valence-electron chi connectivity index (χ0n) is 6.56.